The number of rotatable bonds is 11. The van der Waals surface area contributed by atoms with Crippen molar-refractivity contribution in [2.24, 2.45) is 0 Å². The lowest BCUT2D eigenvalue weighted by atomic mass is 10.0. The normalized spacial score (nSPS) is 11.7. The lowest BCUT2D eigenvalue weighted by molar-refractivity contribution is -0.143. The van der Waals surface area contributed by atoms with Gasteiger partial charge in [0.05, 0.1) is 23.3 Å². The van der Waals surface area contributed by atoms with Crippen LogP contribution in [0.1, 0.15) is 52.9 Å². The van der Waals surface area contributed by atoms with Crippen LogP contribution in [-0.4, -0.2) is 25.7 Å². The van der Waals surface area contributed by atoms with E-state index >= 15 is 0 Å². The highest BCUT2D eigenvalue weighted by molar-refractivity contribution is 6.55. The van der Waals surface area contributed by atoms with Crippen molar-refractivity contribution < 1.29 is 40.6 Å². The van der Waals surface area contributed by atoms with Crippen LogP contribution in [0, 0.1) is 0 Å². The minimum Gasteiger partial charge on any atom is -0.493 e. The van der Waals surface area contributed by atoms with Gasteiger partial charge in [-0.1, -0.05) is 37.0 Å². The lowest BCUT2D eigenvalue weighted by Gasteiger charge is -2.17. The van der Waals surface area contributed by atoms with Crippen LogP contribution in [0.5, 0.6) is 11.5 Å². The van der Waals surface area contributed by atoms with Gasteiger partial charge in [0.15, 0.2) is 0 Å². The second kappa shape index (κ2) is 13.3. The molecule has 2 rings (SSSR count). The van der Waals surface area contributed by atoms with Crippen molar-refractivity contribution in [1.82, 2.24) is 5.32 Å². The third-order valence-electron chi connectivity index (χ3n) is 5.22. The molecule has 0 atom stereocenters. The maximum Gasteiger partial charge on any atom is 0.417 e. The van der Waals surface area contributed by atoms with Crippen molar-refractivity contribution in [2.45, 2.75) is 45.5 Å². The molecule has 0 aliphatic rings. The molecule has 12 heteroatoms. The Bertz CT molecular complexity index is 1090. The number of alkyl halides is 6. The standard InChI is InChI=1S/C25H25Cl2F6NO3/c1-3-15-12-18(36-11-8-21(26)27)13-16(4-2)22(15)37-10-5-9-34-23(35)19-7-6-17(24(28,29)30)14-20(19)25(31,32)33/h6-8,12-14H,3-5,9-11H2,1-2H3,(H,34,35). The summed E-state index contributed by atoms with van der Waals surface area (Å²) in [7, 11) is 0. The highest BCUT2D eigenvalue weighted by atomic mass is 35.5. The van der Waals surface area contributed by atoms with Gasteiger partial charge in [-0.05, 0) is 66.8 Å². The molecule has 0 aliphatic heterocycles. The van der Waals surface area contributed by atoms with Gasteiger partial charge in [0.2, 0.25) is 0 Å². The molecule has 0 radical (unpaired) electrons. The van der Waals surface area contributed by atoms with Gasteiger partial charge in [-0.2, -0.15) is 26.3 Å². The molecule has 1 amide bonds. The lowest BCUT2D eigenvalue weighted by Crippen LogP contribution is -2.28. The molecule has 0 spiro atoms. The Morgan fingerprint density at radius 3 is 2.08 bits per heavy atom. The summed E-state index contributed by atoms with van der Waals surface area (Å²) in [5.74, 6) is 0.130. The molecule has 37 heavy (non-hydrogen) atoms. The molecule has 0 unspecified atom stereocenters. The molecule has 0 aromatic heterocycles. The van der Waals surface area contributed by atoms with Gasteiger partial charge in [0.1, 0.15) is 22.6 Å². The predicted molar refractivity (Wildman–Crippen MR) is 129 cm³/mol. The minimum atomic E-state index is -5.13. The molecular formula is C25H25Cl2F6NO3. The van der Waals surface area contributed by atoms with Crippen LogP contribution >= 0.6 is 23.2 Å². The zero-order chi connectivity index (χ0) is 27.8. The maximum atomic E-state index is 13.3. The Hall–Kier alpha value is -2.59. The maximum absolute atomic E-state index is 13.3. The fourth-order valence-electron chi connectivity index (χ4n) is 3.41. The van der Waals surface area contributed by atoms with E-state index in [2.05, 4.69) is 5.32 Å². The molecular weight excluding hydrogens is 547 g/mol. The molecule has 1 N–H and O–H groups in total. The van der Waals surface area contributed by atoms with Gasteiger partial charge in [0.25, 0.3) is 5.91 Å². The van der Waals surface area contributed by atoms with Crippen LogP contribution < -0.4 is 14.8 Å². The smallest absolute Gasteiger partial charge is 0.417 e. The number of carbonyl (C=O) groups is 1. The van der Waals surface area contributed by atoms with E-state index in [-0.39, 0.29) is 36.7 Å². The van der Waals surface area contributed by atoms with Crippen molar-refractivity contribution >= 4 is 29.1 Å². The van der Waals surface area contributed by atoms with Gasteiger partial charge in [-0.15, -0.1) is 0 Å². The number of aryl methyl sites for hydroxylation is 2. The van der Waals surface area contributed by atoms with E-state index < -0.39 is 35.0 Å². The first-order valence-corrected chi connectivity index (χ1v) is 12.0. The van der Waals surface area contributed by atoms with E-state index in [0.717, 1.165) is 11.1 Å². The largest absolute Gasteiger partial charge is 0.493 e. The first-order chi connectivity index (χ1) is 17.3. The van der Waals surface area contributed by atoms with Crippen LogP contribution in [0.3, 0.4) is 0 Å². The first kappa shape index (κ1) is 30.6. The second-order valence-corrected chi connectivity index (χ2v) is 8.80. The molecule has 2 aromatic rings. The second-order valence-electron chi connectivity index (χ2n) is 7.80. The molecule has 0 saturated heterocycles. The van der Waals surface area contributed by atoms with E-state index in [1.54, 1.807) is 0 Å². The highest BCUT2D eigenvalue weighted by Crippen LogP contribution is 2.37. The fraction of sp³-hybridized carbons (Fsp3) is 0.400. The molecule has 0 heterocycles. The third kappa shape index (κ3) is 9.03. The van der Waals surface area contributed by atoms with Crippen molar-refractivity contribution in [3.8, 4) is 11.5 Å². The summed E-state index contributed by atoms with van der Waals surface area (Å²) >= 11 is 11.2. The number of benzene rings is 2. The Labute approximate surface area is 220 Å². The van der Waals surface area contributed by atoms with Crippen LogP contribution in [0.2, 0.25) is 0 Å². The summed E-state index contributed by atoms with van der Waals surface area (Å²) in [6, 6.07) is 4.54. The molecule has 0 saturated carbocycles. The number of amides is 1. The molecule has 0 aliphatic carbocycles. The average molecular weight is 572 g/mol. The molecule has 0 bridgehead atoms. The highest BCUT2D eigenvalue weighted by Gasteiger charge is 2.39. The SMILES string of the molecule is CCc1cc(OCC=C(Cl)Cl)cc(CC)c1OCCCNC(=O)c1ccc(C(F)(F)F)cc1C(F)(F)F. The van der Waals surface area contributed by atoms with Crippen molar-refractivity contribution in [2.75, 3.05) is 19.8 Å². The topological polar surface area (TPSA) is 47.6 Å². The Balaban J connectivity index is 2.02. The van der Waals surface area contributed by atoms with Gasteiger partial charge >= 0.3 is 12.4 Å². The van der Waals surface area contributed by atoms with E-state index in [4.69, 9.17) is 32.7 Å². The fourth-order valence-corrected chi connectivity index (χ4v) is 3.54. The average Bonchev–Trinajstić information content (AvgIpc) is 2.82. The summed E-state index contributed by atoms with van der Waals surface area (Å²) in [5.41, 5.74) is -2.28. The molecule has 2 aromatic carbocycles. The number of nitrogens with one attached hydrogen (secondary N) is 1. The zero-order valence-electron chi connectivity index (χ0n) is 20.0. The number of carbonyl (C=O) groups excluding carboxylic acids is 1. The minimum absolute atomic E-state index is 0.0488. The van der Waals surface area contributed by atoms with Crippen molar-refractivity contribution in [1.29, 1.82) is 0 Å². The number of hydrogen-bond acceptors (Lipinski definition) is 3. The molecule has 0 fully saturated rings. The van der Waals surface area contributed by atoms with Crippen LogP contribution in [-0.2, 0) is 25.2 Å². The van der Waals surface area contributed by atoms with E-state index in [9.17, 15) is 31.1 Å². The van der Waals surface area contributed by atoms with E-state index in [0.29, 0.717) is 36.5 Å². The van der Waals surface area contributed by atoms with E-state index in [1.807, 2.05) is 26.0 Å². The number of halogens is 8. The third-order valence-corrected chi connectivity index (χ3v) is 5.52. The molecule has 204 valence electrons. The monoisotopic (exact) mass is 571 g/mol. The van der Waals surface area contributed by atoms with Crippen LogP contribution in [0.25, 0.3) is 0 Å². The zero-order valence-corrected chi connectivity index (χ0v) is 21.5. The quantitative estimate of drug-likeness (QED) is 0.221. The van der Waals surface area contributed by atoms with Crippen molar-refractivity contribution in [3.63, 3.8) is 0 Å². The Morgan fingerprint density at radius 2 is 1.57 bits per heavy atom. The van der Waals surface area contributed by atoms with Crippen molar-refractivity contribution in [3.05, 3.63) is 68.7 Å². The molecule has 4 nitrogen and oxygen atoms in total. The van der Waals surface area contributed by atoms with Crippen LogP contribution in [0.4, 0.5) is 26.3 Å². The summed E-state index contributed by atoms with van der Waals surface area (Å²) in [6.45, 7) is 4.15. The Kier molecular flexibility index (Phi) is 11.0. The van der Waals surface area contributed by atoms with Crippen LogP contribution in [0.15, 0.2) is 40.9 Å². The van der Waals surface area contributed by atoms with Gasteiger partial charge in [-0.25, -0.2) is 0 Å². The summed E-state index contributed by atoms with van der Waals surface area (Å²) in [5, 5.41) is 2.31. The predicted octanol–water partition coefficient (Wildman–Crippen LogP) is 7.75. The summed E-state index contributed by atoms with van der Waals surface area (Å²) in [4.78, 5) is 12.3. The summed E-state index contributed by atoms with van der Waals surface area (Å²) < 4.78 is 90.0. The van der Waals surface area contributed by atoms with Gasteiger partial charge in [-0.3, -0.25) is 4.79 Å². The van der Waals surface area contributed by atoms with Gasteiger partial charge in [0, 0.05) is 6.54 Å². The first-order valence-electron chi connectivity index (χ1n) is 11.3. The summed E-state index contributed by atoms with van der Waals surface area (Å²) in [6.07, 6.45) is -7.08. The number of ether oxygens (including phenoxy) is 2. The Morgan fingerprint density at radius 1 is 0.946 bits per heavy atom. The van der Waals surface area contributed by atoms with Gasteiger partial charge < -0.3 is 14.8 Å². The number of hydrogen-bond donors (Lipinski definition) is 1. The van der Waals surface area contributed by atoms with E-state index in [1.165, 1.54) is 6.08 Å².